The molecule has 4 aromatic rings. The summed E-state index contributed by atoms with van der Waals surface area (Å²) in [5.74, 6) is -0.111. The van der Waals surface area contributed by atoms with Crippen molar-refractivity contribution in [2.45, 2.75) is 13.8 Å². The maximum absolute atomic E-state index is 12.8. The summed E-state index contributed by atoms with van der Waals surface area (Å²) >= 11 is 1.38. The highest BCUT2D eigenvalue weighted by molar-refractivity contribution is 7.15. The van der Waals surface area contributed by atoms with E-state index in [1.54, 1.807) is 4.40 Å². The molecule has 2 aromatic heterocycles. The molecule has 2 aromatic carbocycles. The van der Waals surface area contributed by atoms with Gasteiger partial charge in [-0.25, -0.2) is 9.38 Å². The van der Waals surface area contributed by atoms with Gasteiger partial charge in [-0.1, -0.05) is 35.6 Å². The largest absolute Gasteiger partial charge is 0.326 e. The van der Waals surface area contributed by atoms with Crippen molar-refractivity contribution >= 4 is 45.0 Å². The zero-order chi connectivity index (χ0) is 17.6. The third-order valence-corrected chi connectivity index (χ3v) is 4.97. The van der Waals surface area contributed by atoms with Crippen molar-refractivity contribution in [2.24, 2.45) is 0 Å². The molecule has 0 radical (unpaired) electrons. The molecule has 5 nitrogen and oxygen atoms in total. The Hall–Kier alpha value is -2.99. The Labute approximate surface area is 147 Å². The van der Waals surface area contributed by atoms with Gasteiger partial charge in [0.2, 0.25) is 5.91 Å². The van der Waals surface area contributed by atoms with E-state index in [-0.39, 0.29) is 11.5 Å². The van der Waals surface area contributed by atoms with E-state index in [9.17, 15) is 9.59 Å². The topological polar surface area (TPSA) is 63.5 Å². The maximum Gasteiger partial charge on any atom is 0.274 e. The fraction of sp³-hybridized carbons (Fsp3) is 0.105. The first kappa shape index (κ1) is 15.5. The first-order valence-electron chi connectivity index (χ1n) is 7.83. The number of rotatable bonds is 2. The van der Waals surface area contributed by atoms with Gasteiger partial charge in [0.15, 0.2) is 4.96 Å². The van der Waals surface area contributed by atoms with Gasteiger partial charge in [0.05, 0.1) is 15.6 Å². The molecule has 0 bridgehead atoms. The molecule has 2 heterocycles. The van der Waals surface area contributed by atoms with Gasteiger partial charge in [-0.3, -0.25) is 9.59 Å². The molecule has 0 atom stereocenters. The van der Waals surface area contributed by atoms with Crippen molar-refractivity contribution in [3.63, 3.8) is 0 Å². The third-order valence-electron chi connectivity index (χ3n) is 4.00. The van der Waals surface area contributed by atoms with Crippen LogP contribution in [0.15, 0.2) is 47.3 Å². The van der Waals surface area contributed by atoms with Crippen LogP contribution in [0, 0.1) is 6.92 Å². The summed E-state index contributed by atoms with van der Waals surface area (Å²) in [6.07, 6.45) is 1.85. The standard InChI is InChI=1S/C19H15N3O2S/c1-11-4-3-5-15-17(11)21-19-22(15)18(24)16(25-19)10-13-6-8-14(9-7-13)20-12(2)23/h3-10H,1-2H3,(H,20,23)/b16-10-. The van der Waals surface area contributed by atoms with E-state index in [2.05, 4.69) is 10.3 Å². The number of fused-ring (bicyclic) bond motifs is 3. The van der Waals surface area contributed by atoms with Crippen LogP contribution < -0.4 is 15.4 Å². The van der Waals surface area contributed by atoms with Gasteiger partial charge >= 0.3 is 0 Å². The minimum absolute atomic E-state index is 0.0564. The number of imidazole rings is 1. The second-order valence-corrected chi connectivity index (χ2v) is 6.90. The molecule has 1 amide bonds. The highest BCUT2D eigenvalue weighted by Crippen LogP contribution is 2.19. The average molecular weight is 349 g/mol. The Bertz CT molecular complexity index is 1220. The number of amides is 1. The first-order chi connectivity index (χ1) is 12.0. The van der Waals surface area contributed by atoms with E-state index in [0.717, 1.165) is 27.8 Å². The highest BCUT2D eigenvalue weighted by atomic mass is 32.1. The van der Waals surface area contributed by atoms with Crippen LogP contribution in [0.5, 0.6) is 0 Å². The first-order valence-corrected chi connectivity index (χ1v) is 8.64. The van der Waals surface area contributed by atoms with E-state index in [1.807, 2.05) is 55.5 Å². The van der Waals surface area contributed by atoms with Crippen molar-refractivity contribution in [1.82, 2.24) is 9.38 Å². The number of aromatic nitrogens is 2. The van der Waals surface area contributed by atoms with Crippen LogP contribution in [0.1, 0.15) is 18.1 Å². The SMILES string of the molecule is CC(=O)Nc1ccc(/C=c2\sc3nc4c(C)cccc4n3c2=O)cc1. The molecule has 0 fully saturated rings. The quantitative estimate of drug-likeness (QED) is 0.605. The number of nitrogens with one attached hydrogen (secondary N) is 1. The Morgan fingerprint density at radius 3 is 2.68 bits per heavy atom. The zero-order valence-corrected chi connectivity index (χ0v) is 14.6. The Kier molecular flexibility index (Phi) is 3.62. The second-order valence-electron chi connectivity index (χ2n) is 5.89. The monoisotopic (exact) mass is 349 g/mol. The van der Waals surface area contributed by atoms with Crippen LogP contribution in [0.4, 0.5) is 5.69 Å². The number of para-hydroxylation sites is 1. The Balaban J connectivity index is 1.83. The lowest BCUT2D eigenvalue weighted by Crippen LogP contribution is -2.22. The van der Waals surface area contributed by atoms with E-state index < -0.39 is 0 Å². The Morgan fingerprint density at radius 1 is 1.20 bits per heavy atom. The van der Waals surface area contributed by atoms with Gasteiger partial charge in [0.25, 0.3) is 5.56 Å². The number of benzene rings is 2. The second kappa shape index (κ2) is 5.82. The summed E-state index contributed by atoms with van der Waals surface area (Å²) in [5.41, 5.74) is 4.35. The Morgan fingerprint density at radius 2 is 1.96 bits per heavy atom. The fourth-order valence-corrected chi connectivity index (χ4v) is 3.82. The van der Waals surface area contributed by atoms with Gasteiger partial charge in [-0.05, 0) is 42.3 Å². The normalized spacial score (nSPS) is 12.2. The molecule has 0 saturated carbocycles. The molecule has 0 aliphatic rings. The predicted octanol–water partition coefficient (Wildman–Crippen LogP) is 2.72. The predicted molar refractivity (Wildman–Crippen MR) is 101 cm³/mol. The molecule has 1 N–H and O–H groups in total. The van der Waals surface area contributed by atoms with Crippen molar-refractivity contribution in [3.8, 4) is 0 Å². The van der Waals surface area contributed by atoms with E-state index in [0.29, 0.717) is 9.49 Å². The number of carbonyl (C=O) groups is 1. The molecule has 4 rings (SSSR count). The summed E-state index contributed by atoms with van der Waals surface area (Å²) in [6, 6.07) is 13.2. The summed E-state index contributed by atoms with van der Waals surface area (Å²) in [4.78, 5) is 29.1. The molecule has 0 aliphatic heterocycles. The van der Waals surface area contributed by atoms with Gasteiger partial charge in [-0.15, -0.1) is 0 Å². The number of carbonyl (C=O) groups excluding carboxylic acids is 1. The van der Waals surface area contributed by atoms with Crippen molar-refractivity contribution in [1.29, 1.82) is 0 Å². The van der Waals surface area contributed by atoms with Gasteiger partial charge in [-0.2, -0.15) is 0 Å². The molecular weight excluding hydrogens is 334 g/mol. The molecule has 6 heteroatoms. The van der Waals surface area contributed by atoms with Crippen molar-refractivity contribution in [3.05, 3.63) is 68.5 Å². The van der Waals surface area contributed by atoms with Gasteiger partial charge in [0, 0.05) is 12.6 Å². The molecular formula is C19H15N3O2S. The minimum Gasteiger partial charge on any atom is -0.326 e. The fourth-order valence-electron chi connectivity index (χ4n) is 2.84. The third kappa shape index (κ3) is 2.70. The maximum atomic E-state index is 12.8. The molecule has 0 aliphatic carbocycles. The summed E-state index contributed by atoms with van der Waals surface area (Å²) in [7, 11) is 0. The number of anilines is 1. The lowest BCUT2D eigenvalue weighted by atomic mass is 10.2. The van der Waals surface area contributed by atoms with Crippen LogP contribution in [0.25, 0.3) is 22.1 Å². The minimum atomic E-state index is -0.111. The molecule has 0 unspecified atom stereocenters. The van der Waals surface area contributed by atoms with E-state index in [1.165, 1.54) is 18.3 Å². The number of hydrogen-bond donors (Lipinski definition) is 1. The lowest BCUT2D eigenvalue weighted by Gasteiger charge is -2.01. The average Bonchev–Trinajstić information content (AvgIpc) is 3.08. The highest BCUT2D eigenvalue weighted by Gasteiger charge is 2.12. The van der Waals surface area contributed by atoms with Crippen LogP contribution in [0.2, 0.25) is 0 Å². The van der Waals surface area contributed by atoms with Crippen LogP contribution in [0.3, 0.4) is 0 Å². The lowest BCUT2D eigenvalue weighted by molar-refractivity contribution is -0.114. The molecule has 0 spiro atoms. The smallest absolute Gasteiger partial charge is 0.274 e. The van der Waals surface area contributed by atoms with E-state index in [4.69, 9.17) is 0 Å². The zero-order valence-electron chi connectivity index (χ0n) is 13.7. The van der Waals surface area contributed by atoms with Crippen LogP contribution in [-0.2, 0) is 4.79 Å². The summed E-state index contributed by atoms with van der Waals surface area (Å²) in [6.45, 7) is 3.46. The summed E-state index contributed by atoms with van der Waals surface area (Å²) in [5, 5.41) is 2.72. The molecule has 124 valence electrons. The number of nitrogens with zero attached hydrogens (tertiary/aromatic N) is 2. The van der Waals surface area contributed by atoms with Crippen LogP contribution >= 0.6 is 11.3 Å². The molecule has 0 saturated heterocycles. The van der Waals surface area contributed by atoms with Gasteiger partial charge < -0.3 is 5.32 Å². The van der Waals surface area contributed by atoms with E-state index >= 15 is 0 Å². The number of aryl methyl sites for hydroxylation is 1. The van der Waals surface area contributed by atoms with Crippen molar-refractivity contribution in [2.75, 3.05) is 5.32 Å². The van der Waals surface area contributed by atoms with Crippen molar-refractivity contribution < 1.29 is 4.79 Å². The number of hydrogen-bond acceptors (Lipinski definition) is 4. The summed E-state index contributed by atoms with van der Waals surface area (Å²) < 4.78 is 2.31. The van der Waals surface area contributed by atoms with Crippen LogP contribution in [-0.4, -0.2) is 15.3 Å². The number of thiazole rings is 1. The molecule has 25 heavy (non-hydrogen) atoms. The van der Waals surface area contributed by atoms with Gasteiger partial charge in [0.1, 0.15) is 0 Å².